The van der Waals surface area contributed by atoms with Crippen LogP contribution in [0.4, 0.5) is 5.69 Å². The van der Waals surface area contributed by atoms with Crippen LogP contribution in [0.15, 0.2) is 65.2 Å². The van der Waals surface area contributed by atoms with Gasteiger partial charge in [-0.25, -0.2) is 4.98 Å². The molecule has 1 aliphatic carbocycles. The molecule has 5 heteroatoms. The van der Waals surface area contributed by atoms with Crippen LogP contribution in [0, 0.1) is 6.92 Å². The molecule has 2 aliphatic rings. The SMILES string of the molecule is C/C(=C\C=C/CCc1cnc(C)o1)c1cc(Cl)c2c(c1)C(c1ccc3c(c1)[C@H](C)C(=O)N3)C=C2. The molecule has 172 valence electrons. The second-order valence-electron chi connectivity index (χ2n) is 9.02. The Morgan fingerprint density at radius 1 is 1.24 bits per heavy atom. The van der Waals surface area contributed by atoms with Gasteiger partial charge in [0.2, 0.25) is 5.91 Å². The summed E-state index contributed by atoms with van der Waals surface area (Å²) >= 11 is 6.69. The first kappa shape index (κ1) is 22.4. The van der Waals surface area contributed by atoms with E-state index < -0.39 is 0 Å². The number of benzene rings is 2. The number of fused-ring (bicyclic) bond motifs is 2. The number of halogens is 1. The van der Waals surface area contributed by atoms with Crippen molar-refractivity contribution in [3.05, 3.63) is 105 Å². The van der Waals surface area contributed by atoms with Gasteiger partial charge in [-0.2, -0.15) is 0 Å². The number of nitrogens with zero attached hydrogens (tertiary/aromatic N) is 1. The molecular formula is C29H27ClN2O2. The summed E-state index contributed by atoms with van der Waals surface area (Å²) < 4.78 is 5.52. The van der Waals surface area contributed by atoms with E-state index in [0.717, 1.165) is 51.6 Å². The van der Waals surface area contributed by atoms with Gasteiger partial charge in [-0.05, 0) is 71.9 Å². The summed E-state index contributed by atoms with van der Waals surface area (Å²) in [5.74, 6) is 1.67. The zero-order valence-electron chi connectivity index (χ0n) is 19.6. The number of carbonyl (C=O) groups is 1. The highest BCUT2D eigenvalue weighted by Gasteiger charge is 2.29. The van der Waals surface area contributed by atoms with Gasteiger partial charge < -0.3 is 9.73 Å². The van der Waals surface area contributed by atoms with Crippen molar-refractivity contribution in [1.82, 2.24) is 4.98 Å². The first-order valence-electron chi connectivity index (χ1n) is 11.6. The first-order chi connectivity index (χ1) is 16.4. The van der Waals surface area contributed by atoms with Gasteiger partial charge in [0.15, 0.2) is 5.89 Å². The van der Waals surface area contributed by atoms with Crippen LogP contribution in [0.2, 0.25) is 5.02 Å². The third-order valence-electron chi connectivity index (χ3n) is 6.67. The molecule has 1 aliphatic heterocycles. The highest BCUT2D eigenvalue weighted by atomic mass is 35.5. The maximum atomic E-state index is 12.1. The monoisotopic (exact) mass is 470 g/mol. The van der Waals surface area contributed by atoms with E-state index in [1.165, 1.54) is 11.1 Å². The van der Waals surface area contributed by atoms with Crippen LogP contribution >= 0.6 is 11.6 Å². The number of amides is 1. The van der Waals surface area contributed by atoms with Crippen LogP contribution in [0.3, 0.4) is 0 Å². The smallest absolute Gasteiger partial charge is 0.231 e. The van der Waals surface area contributed by atoms with Gasteiger partial charge in [0.25, 0.3) is 0 Å². The lowest BCUT2D eigenvalue weighted by Gasteiger charge is -2.16. The summed E-state index contributed by atoms with van der Waals surface area (Å²) in [5, 5.41) is 3.72. The summed E-state index contributed by atoms with van der Waals surface area (Å²) in [5.41, 5.74) is 7.69. The minimum Gasteiger partial charge on any atom is -0.446 e. The normalized spacial score (nSPS) is 19.1. The van der Waals surface area contributed by atoms with Crippen LogP contribution in [-0.2, 0) is 11.2 Å². The first-order valence-corrected chi connectivity index (χ1v) is 12.0. The number of hydrogen-bond donors (Lipinski definition) is 1. The van der Waals surface area contributed by atoms with Crippen molar-refractivity contribution in [2.75, 3.05) is 5.32 Å². The van der Waals surface area contributed by atoms with Gasteiger partial charge in [0.05, 0.1) is 12.1 Å². The Morgan fingerprint density at radius 2 is 2.09 bits per heavy atom. The van der Waals surface area contributed by atoms with E-state index in [2.05, 4.69) is 65.8 Å². The Kier molecular flexibility index (Phi) is 6.01. The van der Waals surface area contributed by atoms with E-state index in [1.54, 1.807) is 6.20 Å². The Balaban J connectivity index is 1.35. The Morgan fingerprint density at radius 3 is 2.88 bits per heavy atom. The number of aromatic nitrogens is 1. The second-order valence-corrected chi connectivity index (χ2v) is 9.42. The fraction of sp³-hybridized carbons (Fsp3) is 0.241. The zero-order valence-corrected chi connectivity index (χ0v) is 20.3. The van der Waals surface area contributed by atoms with Crippen molar-refractivity contribution in [2.45, 2.75) is 45.4 Å². The largest absolute Gasteiger partial charge is 0.446 e. The maximum absolute atomic E-state index is 12.1. The molecule has 2 atom stereocenters. The van der Waals surface area contributed by atoms with Crippen LogP contribution in [0.5, 0.6) is 0 Å². The lowest BCUT2D eigenvalue weighted by molar-refractivity contribution is -0.116. The molecule has 0 fully saturated rings. The van der Waals surface area contributed by atoms with Crippen molar-refractivity contribution in [3.63, 3.8) is 0 Å². The predicted molar refractivity (Wildman–Crippen MR) is 138 cm³/mol. The molecule has 0 saturated heterocycles. The average molecular weight is 471 g/mol. The summed E-state index contributed by atoms with van der Waals surface area (Å²) in [6, 6.07) is 10.5. The lowest BCUT2D eigenvalue weighted by Crippen LogP contribution is -2.08. The number of hydrogen-bond acceptors (Lipinski definition) is 3. The van der Waals surface area contributed by atoms with E-state index in [9.17, 15) is 4.79 Å². The summed E-state index contributed by atoms with van der Waals surface area (Å²) in [6.45, 7) is 5.91. The number of allylic oxidation sites excluding steroid dienone is 5. The highest BCUT2D eigenvalue weighted by molar-refractivity contribution is 6.32. The number of anilines is 1. The molecule has 1 N–H and O–H groups in total. The van der Waals surface area contributed by atoms with Gasteiger partial charge in [-0.1, -0.05) is 54.1 Å². The van der Waals surface area contributed by atoms with E-state index in [0.29, 0.717) is 5.89 Å². The molecule has 1 unspecified atom stereocenters. The molecule has 34 heavy (non-hydrogen) atoms. The zero-order chi connectivity index (χ0) is 23.8. The van der Waals surface area contributed by atoms with Crippen molar-refractivity contribution in [1.29, 1.82) is 0 Å². The van der Waals surface area contributed by atoms with Gasteiger partial charge in [-0.3, -0.25) is 4.79 Å². The number of nitrogens with one attached hydrogen (secondary N) is 1. The third kappa shape index (κ3) is 4.26. The quantitative estimate of drug-likeness (QED) is 0.381. The molecule has 2 heterocycles. The minimum atomic E-state index is -0.125. The number of rotatable bonds is 6. The number of aryl methyl sites for hydroxylation is 2. The van der Waals surface area contributed by atoms with Crippen molar-refractivity contribution < 1.29 is 9.21 Å². The molecule has 0 bridgehead atoms. The second kappa shape index (κ2) is 9.11. The van der Waals surface area contributed by atoms with Crippen molar-refractivity contribution in [3.8, 4) is 0 Å². The molecule has 1 amide bonds. The van der Waals surface area contributed by atoms with Gasteiger partial charge >= 0.3 is 0 Å². The van der Waals surface area contributed by atoms with Gasteiger partial charge in [0, 0.05) is 30.0 Å². The summed E-state index contributed by atoms with van der Waals surface area (Å²) in [6.07, 6.45) is 14.2. The number of oxazole rings is 1. The third-order valence-corrected chi connectivity index (χ3v) is 6.98. The molecule has 5 rings (SSSR count). The van der Waals surface area contributed by atoms with Crippen LogP contribution in [0.1, 0.15) is 71.6 Å². The van der Waals surface area contributed by atoms with E-state index >= 15 is 0 Å². The predicted octanol–water partition coefficient (Wildman–Crippen LogP) is 7.44. The fourth-order valence-electron chi connectivity index (χ4n) is 4.67. The standard InChI is InChI=1S/C29H27ClN2O2/c1-17(7-5-4-6-8-22-16-31-19(3)34-22)21-14-26-23(10-11-24(26)27(30)15-21)20-9-12-28-25(13-20)18(2)29(33)32-28/h4-5,7,9-16,18,23H,6,8H2,1-3H3,(H,32,33)/b5-4-,17-7+/t18-,23?/m0/s1. The van der Waals surface area contributed by atoms with E-state index in [-0.39, 0.29) is 17.7 Å². The Hall–Kier alpha value is -3.37. The van der Waals surface area contributed by atoms with Crippen LogP contribution in [0.25, 0.3) is 11.6 Å². The molecule has 1 aromatic heterocycles. The minimum absolute atomic E-state index is 0.0598. The molecular weight excluding hydrogens is 444 g/mol. The van der Waals surface area contributed by atoms with Crippen LogP contribution < -0.4 is 5.32 Å². The summed E-state index contributed by atoms with van der Waals surface area (Å²) in [4.78, 5) is 16.2. The molecule has 2 aromatic carbocycles. The average Bonchev–Trinajstić information content (AvgIpc) is 3.51. The molecule has 4 nitrogen and oxygen atoms in total. The van der Waals surface area contributed by atoms with Crippen molar-refractivity contribution in [2.24, 2.45) is 0 Å². The van der Waals surface area contributed by atoms with Gasteiger partial charge in [0.1, 0.15) is 5.76 Å². The van der Waals surface area contributed by atoms with E-state index in [1.807, 2.05) is 26.0 Å². The molecule has 3 aromatic rings. The maximum Gasteiger partial charge on any atom is 0.231 e. The number of carbonyl (C=O) groups excluding carboxylic acids is 1. The lowest BCUT2D eigenvalue weighted by atomic mass is 9.88. The molecule has 0 saturated carbocycles. The van der Waals surface area contributed by atoms with Gasteiger partial charge in [-0.15, -0.1) is 0 Å². The van der Waals surface area contributed by atoms with Crippen molar-refractivity contribution >= 4 is 34.8 Å². The Labute approximate surface area is 205 Å². The Bertz CT molecular complexity index is 1360. The molecule has 0 spiro atoms. The topological polar surface area (TPSA) is 55.1 Å². The van der Waals surface area contributed by atoms with E-state index in [4.69, 9.17) is 16.0 Å². The highest BCUT2D eigenvalue weighted by Crippen LogP contribution is 2.43. The van der Waals surface area contributed by atoms with Crippen LogP contribution in [-0.4, -0.2) is 10.9 Å². The summed E-state index contributed by atoms with van der Waals surface area (Å²) in [7, 11) is 0. The fourth-order valence-corrected chi connectivity index (χ4v) is 4.96. The molecule has 0 radical (unpaired) electrons.